The summed E-state index contributed by atoms with van der Waals surface area (Å²) in [6, 6.07) is 0.0275. The van der Waals surface area contributed by atoms with Crippen LogP contribution in [0.25, 0.3) is 0 Å². The number of nitrogens with zero attached hydrogens (tertiary/aromatic N) is 2. The number of hydrogen-bond acceptors (Lipinski definition) is 6. The van der Waals surface area contributed by atoms with E-state index in [1.807, 2.05) is 0 Å². The van der Waals surface area contributed by atoms with Crippen LogP contribution < -0.4 is 5.32 Å². The predicted molar refractivity (Wildman–Crippen MR) is 71.9 cm³/mol. The highest BCUT2D eigenvalue weighted by atomic mass is 16.5. The molecule has 0 radical (unpaired) electrons. The summed E-state index contributed by atoms with van der Waals surface area (Å²) in [4.78, 5) is 19.5. The van der Waals surface area contributed by atoms with Gasteiger partial charge in [-0.05, 0) is 11.8 Å². The SMILES string of the molecule is COC(=O)c1cncc(NC(CCO)C(C)(C)C)n1. The van der Waals surface area contributed by atoms with Crippen molar-refractivity contribution in [2.24, 2.45) is 5.41 Å². The van der Waals surface area contributed by atoms with Crippen LogP contribution in [-0.2, 0) is 4.74 Å². The first-order valence-corrected chi connectivity index (χ1v) is 6.16. The zero-order valence-corrected chi connectivity index (χ0v) is 11.8. The van der Waals surface area contributed by atoms with E-state index < -0.39 is 5.97 Å². The third-order valence-electron chi connectivity index (χ3n) is 2.81. The van der Waals surface area contributed by atoms with Crippen LogP contribution in [0.3, 0.4) is 0 Å². The van der Waals surface area contributed by atoms with E-state index in [2.05, 4.69) is 40.8 Å². The molecule has 0 saturated carbocycles. The third kappa shape index (κ3) is 4.48. The van der Waals surface area contributed by atoms with E-state index in [0.717, 1.165) is 0 Å². The number of carbonyl (C=O) groups is 1. The third-order valence-corrected chi connectivity index (χ3v) is 2.81. The van der Waals surface area contributed by atoms with Crippen LogP contribution in [0.1, 0.15) is 37.7 Å². The zero-order chi connectivity index (χ0) is 14.5. The van der Waals surface area contributed by atoms with Gasteiger partial charge in [-0.1, -0.05) is 20.8 Å². The Kier molecular flexibility index (Phi) is 5.23. The fraction of sp³-hybridized carbons (Fsp3) is 0.615. The molecule has 106 valence electrons. The minimum Gasteiger partial charge on any atom is -0.464 e. The second-order valence-corrected chi connectivity index (χ2v) is 5.36. The summed E-state index contributed by atoms with van der Waals surface area (Å²) >= 11 is 0. The molecule has 1 heterocycles. The molecule has 0 aromatic carbocycles. The molecule has 0 aliphatic rings. The molecular weight excluding hydrogens is 246 g/mol. The number of hydrogen-bond donors (Lipinski definition) is 2. The van der Waals surface area contributed by atoms with E-state index >= 15 is 0 Å². The van der Waals surface area contributed by atoms with Crippen LogP contribution in [0.4, 0.5) is 5.82 Å². The van der Waals surface area contributed by atoms with E-state index in [1.54, 1.807) is 6.20 Å². The van der Waals surface area contributed by atoms with Gasteiger partial charge < -0.3 is 15.2 Å². The lowest BCUT2D eigenvalue weighted by atomic mass is 9.85. The number of ether oxygens (including phenoxy) is 1. The maximum atomic E-state index is 11.4. The van der Waals surface area contributed by atoms with Crippen LogP contribution in [0.2, 0.25) is 0 Å². The number of aliphatic hydroxyl groups is 1. The highest BCUT2D eigenvalue weighted by Gasteiger charge is 2.24. The van der Waals surface area contributed by atoms with Gasteiger partial charge in [-0.2, -0.15) is 0 Å². The van der Waals surface area contributed by atoms with Gasteiger partial charge in [0.25, 0.3) is 0 Å². The number of rotatable bonds is 5. The summed E-state index contributed by atoms with van der Waals surface area (Å²) < 4.78 is 4.60. The highest BCUT2D eigenvalue weighted by molar-refractivity contribution is 5.87. The van der Waals surface area contributed by atoms with Gasteiger partial charge in [0.15, 0.2) is 5.69 Å². The maximum absolute atomic E-state index is 11.4. The summed E-state index contributed by atoms with van der Waals surface area (Å²) in [6.07, 6.45) is 3.49. The normalized spacial score (nSPS) is 12.9. The van der Waals surface area contributed by atoms with Crippen molar-refractivity contribution in [1.82, 2.24) is 9.97 Å². The molecule has 0 spiro atoms. The Hall–Kier alpha value is -1.69. The van der Waals surface area contributed by atoms with Crippen molar-refractivity contribution in [3.63, 3.8) is 0 Å². The quantitative estimate of drug-likeness (QED) is 0.786. The lowest BCUT2D eigenvalue weighted by Crippen LogP contribution is -2.35. The average molecular weight is 267 g/mol. The molecule has 0 aliphatic carbocycles. The number of carbonyl (C=O) groups excluding carboxylic acids is 1. The highest BCUT2D eigenvalue weighted by Crippen LogP contribution is 2.24. The number of aromatic nitrogens is 2. The molecule has 0 saturated heterocycles. The molecule has 0 amide bonds. The van der Waals surface area contributed by atoms with Crippen molar-refractivity contribution in [3.8, 4) is 0 Å². The fourth-order valence-electron chi connectivity index (χ4n) is 1.67. The summed E-state index contributed by atoms with van der Waals surface area (Å²) in [5.41, 5.74) is 0.107. The van der Waals surface area contributed by atoms with Crippen molar-refractivity contribution >= 4 is 11.8 Å². The van der Waals surface area contributed by atoms with Gasteiger partial charge in [0, 0.05) is 12.6 Å². The summed E-state index contributed by atoms with van der Waals surface area (Å²) in [6.45, 7) is 6.28. The van der Waals surface area contributed by atoms with Gasteiger partial charge in [-0.15, -0.1) is 0 Å². The van der Waals surface area contributed by atoms with Crippen LogP contribution in [0.5, 0.6) is 0 Å². The molecule has 1 rings (SSSR count). The molecule has 1 aromatic rings. The first-order valence-electron chi connectivity index (χ1n) is 6.16. The molecule has 6 heteroatoms. The fourth-order valence-corrected chi connectivity index (χ4v) is 1.67. The molecule has 1 atom stereocenters. The average Bonchev–Trinajstić information content (AvgIpc) is 2.36. The van der Waals surface area contributed by atoms with E-state index in [0.29, 0.717) is 12.2 Å². The van der Waals surface area contributed by atoms with Gasteiger partial charge in [-0.25, -0.2) is 9.78 Å². The minimum atomic E-state index is -0.523. The van der Waals surface area contributed by atoms with Gasteiger partial charge >= 0.3 is 5.97 Å². The maximum Gasteiger partial charge on any atom is 0.358 e. The van der Waals surface area contributed by atoms with E-state index in [-0.39, 0.29) is 23.8 Å². The van der Waals surface area contributed by atoms with Gasteiger partial charge in [0.2, 0.25) is 0 Å². The van der Waals surface area contributed by atoms with Gasteiger partial charge in [-0.3, -0.25) is 4.98 Å². The molecule has 0 fully saturated rings. The largest absolute Gasteiger partial charge is 0.464 e. The van der Waals surface area contributed by atoms with Crippen LogP contribution in [0, 0.1) is 5.41 Å². The van der Waals surface area contributed by atoms with Crippen molar-refractivity contribution in [2.75, 3.05) is 19.0 Å². The van der Waals surface area contributed by atoms with Crippen molar-refractivity contribution in [3.05, 3.63) is 18.1 Å². The lowest BCUT2D eigenvalue weighted by Gasteiger charge is -2.31. The monoisotopic (exact) mass is 267 g/mol. The zero-order valence-electron chi connectivity index (χ0n) is 11.8. The van der Waals surface area contributed by atoms with E-state index in [1.165, 1.54) is 13.3 Å². The Bertz CT molecular complexity index is 429. The van der Waals surface area contributed by atoms with Gasteiger partial charge in [0.1, 0.15) is 5.82 Å². The molecule has 1 unspecified atom stereocenters. The number of methoxy groups -OCH3 is 1. The van der Waals surface area contributed by atoms with E-state index in [4.69, 9.17) is 5.11 Å². The summed E-state index contributed by atoms with van der Waals surface area (Å²) in [5, 5.41) is 12.3. The van der Waals surface area contributed by atoms with Crippen LogP contribution in [-0.4, -0.2) is 40.8 Å². The number of anilines is 1. The van der Waals surface area contributed by atoms with Crippen molar-refractivity contribution in [1.29, 1.82) is 0 Å². The lowest BCUT2D eigenvalue weighted by molar-refractivity contribution is 0.0593. The molecule has 6 nitrogen and oxygen atoms in total. The second-order valence-electron chi connectivity index (χ2n) is 5.36. The first kappa shape index (κ1) is 15.4. The summed E-state index contributed by atoms with van der Waals surface area (Å²) in [7, 11) is 1.30. The van der Waals surface area contributed by atoms with Crippen molar-refractivity contribution < 1.29 is 14.6 Å². The van der Waals surface area contributed by atoms with Crippen LogP contribution >= 0.6 is 0 Å². The second kappa shape index (κ2) is 6.47. The molecule has 19 heavy (non-hydrogen) atoms. The molecule has 0 aliphatic heterocycles. The number of nitrogens with one attached hydrogen (secondary N) is 1. The Morgan fingerprint density at radius 2 is 2.16 bits per heavy atom. The first-order chi connectivity index (χ1) is 8.88. The van der Waals surface area contributed by atoms with Gasteiger partial charge in [0.05, 0.1) is 19.5 Å². The Morgan fingerprint density at radius 1 is 1.47 bits per heavy atom. The minimum absolute atomic E-state index is 0.0275. The van der Waals surface area contributed by atoms with Crippen LogP contribution in [0.15, 0.2) is 12.4 Å². The number of esters is 1. The smallest absolute Gasteiger partial charge is 0.358 e. The summed E-state index contributed by atoms with van der Waals surface area (Å²) in [5.74, 6) is -0.0260. The topological polar surface area (TPSA) is 84.3 Å². The van der Waals surface area contributed by atoms with Crippen molar-refractivity contribution in [2.45, 2.75) is 33.2 Å². The molecular formula is C13H21N3O3. The molecule has 1 aromatic heterocycles. The van der Waals surface area contributed by atoms with E-state index in [9.17, 15) is 4.79 Å². The molecule has 0 bridgehead atoms. The number of aliphatic hydroxyl groups excluding tert-OH is 1. The Morgan fingerprint density at radius 3 is 2.68 bits per heavy atom. The standard InChI is InChI=1S/C13H21N3O3/c1-13(2,3)10(5-6-17)16-11-8-14-7-9(15-11)12(18)19-4/h7-8,10,17H,5-6H2,1-4H3,(H,15,16). The predicted octanol–water partition coefficient (Wildman–Crippen LogP) is 1.47. The Labute approximate surface area is 113 Å². The Balaban J connectivity index is 2.88. The molecule has 2 N–H and O–H groups in total.